The lowest BCUT2D eigenvalue weighted by Crippen LogP contribution is -2.43. The molecule has 0 spiro atoms. The Hall–Kier alpha value is -2.90. The largest absolute Gasteiger partial charge is 0.314 e. The van der Waals surface area contributed by atoms with Gasteiger partial charge in [-0.05, 0) is 40.8 Å². The predicted octanol–water partition coefficient (Wildman–Crippen LogP) is 5.76. The molecule has 0 atom stereocenters. The molecule has 0 unspecified atom stereocenters. The van der Waals surface area contributed by atoms with Crippen LogP contribution in [0.4, 0.5) is 0 Å². The summed E-state index contributed by atoms with van der Waals surface area (Å²) in [6.07, 6.45) is 4.00. The molecule has 3 aromatic rings. The van der Waals surface area contributed by atoms with Crippen LogP contribution in [-0.4, -0.2) is 31.1 Å². The third-order valence-corrected chi connectivity index (χ3v) is 6.12. The maximum absolute atomic E-state index is 9.83. The average molecular weight is 428 g/mol. The Balaban J connectivity index is 1.60. The van der Waals surface area contributed by atoms with Gasteiger partial charge >= 0.3 is 0 Å². The van der Waals surface area contributed by atoms with E-state index < -0.39 is 0 Å². The van der Waals surface area contributed by atoms with Crippen molar-refractivity contribution in [3.8, 4) is 17.2 Å². The van der Waals surface area contributed by atoms with Crippen molar-refractivity contribution in [2.24, 2.45) is 0 Å². The van der Waals surface area contributed by atoms with E-state index in [0.717, 1.165) is 60.0 Å². The van der Waals surface area contributed by atoms with Gasteiger partial charge in [0.05, 0.1) is 5.56 Å². The zero-order chi connectivity index (χ0) is 21.6. The van der Waals surface area contributed by atoms with E-state index in [1.54, 1.807) is 0 Å². The second-order valence-corrected chi connectivity index (χ2v) is 8.31. The van der Waals surface area contributed by atoms with Crippen LogP contribution in [0.3, 0.4) is 0 Å². The summed E-state index contributed by atoms with van der Waals surface area (Å²) in [6, 6.07) is 22.6. The Bertz CT molecular complexity index is 1120. The SMILES string of the molecule is Cc1cc(/C=C/c2cccc(-c3ccccc3)c2C#N)c(Cl)cc1CN1CCNCC1. The standard InChI is InChI=1S/C27H26ClN3/c1-20-16-23(27(28)17-24(20)19-31-14-12-30-13-15-31)11-10-22-8-5-9-25(26(22)18-29)21-6-3-2-4-7-21/h2-11,16-17,30H,12-15,19H2,1H3/b11-10+. The van der Waals surface area contributed by atoms with E-state index in [2.05, 4.69) is 35.3 Å². The maximum atomic E-state index is 9.83. The molecule has 1 aliphatic rings. The van der Waals surface area contributed by atoms with Crippen LogP contribution in [0.15, 0.2) is 60.7 Å². The Morgan fingerprint density at radius 3 is 2.48 bits per heavy atom. The van der Waals surface area contributed by atoms with Crippen molar-refractivity contribution in [2.75, 3.05) is 26.2 Å². The zero-order valence-electron chi connectivity index (χ0n) is 17.7. The number of nitriles is 1. The van der Waals surface area contributed by atoms with Crippen molar-refractivity contribution in [3.05, 3.63) is 93.5 Å². The number of halogens is 1. The van der Waals surface area contributed by atoms with Gasteiger partial charge in [0.1, 0.15) is 6.07 Å². The monoisotopic (exact) mass is 427 g/mol. The molecule has 31 heavy (non-hydrogen) atoms. The van der Waals surface area contributed by atoms with Crippen LogP contribution in [0.25, 0.3) is 23.3 Å². The second kappa shape index (κ2) is 9.94. The van der Waals surface area contributed by atoms with Gasteiger partial charge in [-0.25, -0.2) is 0 Å². The number of hydrogen-bond acceptors (Lipinski definition) is 3. The van der Waals surface area contributed by atoms with Crippen molar-refractivity contribution >= 4 is 23.8 Å². The summed E-state index contributed by atoms with van der Waals surface area (Å²) in [4.78, 5) is 2.46. The first-order valence-electron chi connectivity index (χ1n) is 10.6. The first kappa shape index (κ1) is 21.3. The van der Waals surface area contributed by atoms with Gasteiger partial charge in [-0.2, -0.15) is 5.26 Å². The Morgan fingerprint density at radius 1 is 1.00 bits per heavy atom. The van der Waals surface area contributed by atoms with Crippen LogP contribution in [-0.2, 0) is 6.54 Å². The smallest absolute Gasteiger partial charge is 0.100 e. The van der Waals surface area contributed by atoms with Crippen molar-refractivity contribution in [3.63, 3.8) is 0 Å². The molecule has 1 fully saturated rings. The van der Waals surface area contributed by atoms with Crippen LogP contribution >= 0.6 is 11.6 Å². The van der Waals surface area contributed by atoms with E-state index in [9.17, 15) is 5.26 Å². The van der Waals surface area contributed by atoms with Gasteiger partial charge in [-0.15, -0.1) is 0 Å². The highest BCUT2D eigenvalue weighted by atomic mass is 35.5. The number of nitrogens with zero attached hydrogens (tertiary/aromatic N) is 2. The fourth-order valence-corrected chi connectivity index (χ4v) is 4.27. The molecule has 0 amide bonds. The summed E-state index contributed by atoms with van der Waals surface area (Å²) in [6.45, 7) is 7.27. The molecule has 0 bridgehead atoms. The van der Waals surface area contributed by atoms with Gasteiger partial charge in [0, 0.05) is 43.3 Å². The highest BCUT2D eigenvalue weighted by molar-refractivity contribution is 6.32. The maximum Gasteiger partial charge on any atom is 0.100 e. The molecule has 0 aliphatic carbocycles. The van der Waals surface area contributed by atoms with Crippen molar-refractivity contribution < 1.29 is 0 Å². The lowest BCUT2D eigenvalue weighted by molar-refractivity contribution is 0.233. The summed E-state index contributed by atoms with van der Waals surface area (Å²) < 4.78 is 0. The number of benzene rings is 3. The average Bonchev–Trinajstić information content (AvgIpc) is 2.81. The third-order valence-electron chi connectivity index (χ3n) is 5.79. The van der Waals surface area contributed by atoms with E-state index in [1.807, 2.05) is 60.7 Å². The lowest BCUT2D eigenvalue weighted by atomic mass is 9.95. The van der Waals surface area contributed by atoms with Crippen molar-refractivity contribution in [1.82, 2.24) is 10.2 Å². The van der Waals surface area contributed by atoms with Crippen molar-refractivity contribution in [1.29, 1.82) is 5.26 Å². The molecule has 1 heterocycles. The van der Waals surface area contributed by atoms with Gasteiger partial charge < -0.3 is 5.32 Å². The molecular weight excluding hydrogens is 402 g/mol. The van der Waals surface area contributed by atoms with E-state index in [-0.39, 0.29) is 0 Å². The van der Waals surface area contributed by atoms with Gasteiger partial charge in [0.15, 0.2) is 0 Å². The molecule has 1 saturated heterocycles. The quantitative estimate of drug-likeness (QED) is 0.526. The van der Waals surface area contributed by atoms with E-state index in [4.69, 9.17) is 11.6 Å². The Labute approximate surface area is 189 Å². The lowest BCUT2D eigenvalue weighted by Gasteiger charge is -2.28. The van der Waals surface area contributed by atoms with Crippen molar-refractivity contribution in [2.45, 2.75) is 13.5 Å². The van der Waals surface area contributed by atoms with Gasteiger partial charge in [-0.1, -0.05) is 78.4 Å². The first-order chi connectivity index (χ1) is 15.2. The first-order valence-corrected chi connectivity index (χ1v) is 11.0. The highest BCUT2D eigenvalue weighted by Gasteiger charge is 2.13. The third kappa shape index (κ3) is 5.06. The summed E-state index contributed by atoms with van der Waals surface area (Å²) in [5.41, 5.74) is 7.03. The van der Waals surface area contributed by atoms with E-state index in [0.29, 0.717) is 5.56 Å². The van der Waals surface area contributed by atoms with Gasteiger partial charge in [0.2, 0.25) is 0 Å². The van der Waals surface area contributed by atoms with Crippen LogP contribution < -0.4 is 5.32 Å². The molecule has 0 aromatic heterocycles. The number of hydrogen-bond donors (Lipinski definition) is 1. The summed E-state index contributed by atoms with van der Waals surface area (Å²) in [5, 5.41) is 14.0. The molecule has 4 rings (SSSR count). The molecule has 156 valence electrons. The topological polar surface area (TPSA) is 39.1 Å². The highest BCUT2D eigenvalue weighted by Crippen LogP contribution is 2.28. The Morgan fingerprint density at radius 2 is 1.74 bits per heavy atom. The summed E-state index contributed by atoms with van der Waals surface area (Å²) >= 11 is 6.64. The number of nitrogens with one attached hydrogen (secondary N) is 1. The molecule has 3 aromatic carbocycles. The number of piperazine rings is 1. The minimum atomic E-state index is 0.674. The van der Waals surface area contributed by atoms with Crippen LogP contribution in [0.1, 0.15) is 27.8 Å². The molecule has 3 nitrogen and oxygen atoms in total. The predicted molar refractivity (Wildman–Crippen MR) is 130 cm³/mol. The molecule has 1 N–H and O–H groups in total. The Kier molecular flexibility index (Phi) is 6.84. The van der Waals surface area contributed by atoms with E-state index in [1.165, 1.54) is 11.1 Å². The normalized spacial score (nSPS) is 14.6. The molecule has 4 heteroatoms. The van der Waals surface area contributed by atoms with Crippen LogP contribution in [0.5, 0.6) is 0 Å². The molecular formula is C27H26ClN3. The minimum absolute atomic E-state index is 0.674. The molecule has 1 aliphatic heterocycles. The van der Waals surface area contributed by atoms with Gasteiger partial charge in [0.25, 0.3) is 0 Å². The zero-order valence-corrected chi connectivity index (χ0v) is 18.5. The molecule has 0 saturated carbocycles. The number of rotatable bonds is 5. The fourth-order valence-electron chi connectivity index (χ4n) is 4.02. The summed E-state index contributed by atoms with van der Waals surface area (Å²) in [5.74, 6) is 0. The van der Waals surface area contributed by atoms with E-state index >= 15 is 0 Å². The minimum Gasteiger partial charge on any atom is -0.314 e. The molecule has 0 radical (unpaired) electrons. The second-order valence-electron chi connectivity index (χ2n) is 7.91. The number of aryl methyl sites for hydroxylation is 1. The fraction of sp³-hybridized carbons (Fsp3) is 0.222. The summed E-state index contributed by atoms with van der Waals surface area (Å²) in [7, 11) is 0. The van der Waals surface area contributed by atoms with Gasteiger partial charge in [-0.3, -0.25) is 4.90 Å². The van der Waals surface area contributed by atoms with Crippen LogP contribution in [0, 0.1) is 18.3 Å². The van der Waals surface area contributed by atoms with Crippen LogP contribution in [0.2, 0.25) is 5.02 Å².